The Labute approximate surface area is 152 Å². The summed E-state index contributed by atoms with van der Waals surface area (Å²) in [6.07, 6.45) is 3.43. The Hall–Kier alpha value is -2.71. The van der Waals surface area contributed by atoms with Gasteiger partial charge in [-0.1, -0.05) is 35.9 Å². The number of nitrogens with zero attached hydrogens (tertiary/aromatic N) is 3. The highest BCUT2D eigenvalue weighted by Gasteiger charge is 2.19. The first-order chi connectivity index (χ1) is 12.0. The number of hydrogen-bond acceptors (Lipinski definition) is 5. The van der Waals surface area contributed by atoms with E-state index in [-0.39, 0.29) is 10.8 Å². The van der Waals surface area contributed by atoms with Crippen LogP contribution in [-0.4, -0.2) is 26.6 Å². The average molecular weight is 376 g/mol. The van der Waals surface area contributed by atoms with Gasteiger partial charge in [0.25, 0.3) is 11.8 Å². The fourth-order valence-corrected chi connectivity index (χ4v) is 3.19. The molecule has 0 radical (unpaired) electrons. The predicted molar refractivity (Wildman–Crippen MR) is 96.5 cm³/mol. The molecule has 9 heteroatoms. The number of hydrogen-bond donors (Lipinski definition) is 2. The Morgan fingerprint density at radius 3 is 2.80 bits per heavy atom. The molecule has 3 N–H and O–H groups in total. The number of nitrogens with two attached hydrogens (primary N) is 1. The Morgan fingerprint density at radius 1 is 1.36 bits per heavy atom. The van der Waals surface area contributed by atoms with E-state index in [1.165, 1.54) is 12.4 Å². The summed E-state index contributed by atoms with van der Waals surface area (Å²) >= 11 is 7.05. The number of primary amides is 1. The zero-order chi connectivity index (χ0) is 18.0. The van der Waals surface area contributed by atoms with Gasteiger partial charge in [0.2, 0.25) is 0 Å². The van der Waals surface area contributed by atoms with Gasteiger partial charge in [-0.2, -0.15) is 5.10 Å². The van der Waals surface area contributed by atoms with Gasteiger partial charge in [0.1, 0.15) is 4.88 Å². The molecule has 0 aliphatic carbocycles. The van der Waals surface area contributed by atoms with E-state index < -0.39 is 5.91 Å². The Kier molecular flexibility index (Phi) is 4.82. The summed E-state index contributed by atoms with van der Waals surface area (Å²) in [4.78, 5) is 27.9. The fourth-order valence-electron chi connectivity index (χ4n) is 2.34. The molecule has 0 aliphatic heterocycles. The van der Waals surface area contributed by atoms with Gasteiger partial charge in [-0.05, 0) is 24.6 Å². The Bertz CT molecular complexity index is 950. The highest BCUT2D eigenvalue weighted by Crippen LogP contribution is 2.22. The molecule has 0 spiro atoms. The zero-order valence-corrected chi connectivity index (χ0v) is 14.8. The smallest absolute Gasteiger partial charge is 0.260 e. The van der Waals surface area contributed by atoms with Crippen LogP contribution in [0.15, 0.2) is 36.7 Å². The van der Waals surface area contributed by atoms with Gasteiger partial charge in [0.05, 0.1) is 29.3 Å². The molecule has 3 aromatic rings. The zero-order valence-electron chi connectivity index (χ0n) is 13.2. The first kappa shape index (κ1) is 17.1. The number of halogens is 1. The molecule has 25 heavy (non-hydrogen) atoms. The van der Waals surface area contributed by atoms with Gasteiger partial charge >= 0.3 is 0 Å². The molecule has 2 heterocycles. The van der Waals surface area contributed by atoms with E-state index in [0.29, 0.717) is 22.1 Å². The van der Waals surface area contributed by atoms with Crippen LogP contribution in [0.4, 0.5) is 5.13 Å². The van der Waals surface area contributed by atoms with Gasteiger partial charge in [-0.25, -0.2) is 9.67 Å². The molecule has 1 aromatic carbocycles. The predicted octanol–water partition coefficient (Wildman–Crippen LogP) is 2.90. The van der Waals surface area contributed by atoms with Crippen LogP contribution in [0.5, 0.6) is 0 Å². The third-order valence-electron chi connectivity index (χ3n) is 3.47. The highest BCUT2D eigenvalue weighted by atomic mass is 35.5. The minimum Gasteiger partial charge on any atom is -0.365 e. The lowest BCUT2D eigenvalue weighted by Crippen LogP contribution is -2.14. The van der Waals surface area contributed by atoms with E-state index in [1.807, 2.05) is 19.1 Å². The summed E-state index contributed by atoms with van der Waals surface area (Å²) < 4.78 is 1.68. The quantitative estimate of drug-likeness (QED) is 0.715. The Morgan fingerprint density at radius 2 is 2.16 bits per heavy atom. The molecule has 7 nitrogen and oxygen atoms in total. The molecule has 2 aromatic heterocycles. The van der Waals surface area contributed by atoms with E-state index in [9.17, 15) is 9.59 Å². The summed E-state index contributed by atoms with van der Waals surface area (Å²) in [5.41, 5.74) is 7.13. The van der Waals surface area contributed by atoms with Crippen molar-refractivity contribution in [3.63, 3.8) is 0 Å². The van der Waals surface area contributed by atoms with Crippen molar-refractivity contribution in [2.24, 2.45) is 5.73 Å². The summed E-state index contributed by atoms with van der Waals surface area (Å²) in [7, 11) is 0. The minimum absolute atomic E-state index is 0.278. The second-order valence-electron chi connectivity index (χ2n) is 5.10. The van der Waals surface area contributed by atoms with Crippen LogP contribution in [-0.2, 0) is 6.42 Å². The molecule has 0 fully saturated rings. The molecule has 3 rings (SSSR count). The van der Waals surface area contributed by atoms with Crippen LogP contribution in [0.1, 0.15) is 32.6 Å². The van der Waals surface area contributed by atoms with E-state index in [2.05, 4.69) is 15.4 Å². The third-order valence-corrected chi connectivity index (χ3v) is 4.63. The van der Waals surface area contributed by atoms with Gasteiger partial charge < -0.3 is 5.73 Å². The molecule has 0 saturated heterocycles. The van der Waals surface area contributed by atoms with Crippen molar-refractivity contribution in [2.75, 3.05) is 5.32 Å². The van der Waals surface area contributed by atoms with Gasteiger partial charge in [-0.15, -0.1) is 0 Å². The van der Waals surface area contributed by atoms with Crippen molar-refractivity contribution in [2.45, 2.75) is 13.3 Å². The SMILES string of the molecule is CCc1c(C(=O)Nc2ncc(C(N)=O)s2)cnn1-c1cccc(Cl)c1. The monoisotopic (exact) mass is 375 g/mol. The molecule has 0 saturated carbocycles. The number of anilines is 1. The fraction of sp³-hybridized carbons (Fsp3) is 0.125. The van der Waals surface area contributed by atoms with E-state index in [4.69, 9.17) is 17.3 Å². The van der Waals surface area contributed by atoms with E-state index in [1.54, 1.807) is 16.8 Å². The summed E-state index contributed by atoms with van der Waals surface area (Å²) in [5, 5.41) is 7.85. The molecule has 2 amide bonds. The molecule has 0 aliphatic rings. The molecular formula is C16H14ClN5O2S. The van der Waals surface area contributed by atoms with Crippen LogP contribution in [0.25, 0.3) is 5.69 Å². The maximum absolute atomic E-state index is 12.5. The minimum atomic E-state index is -0.582. The number of nitrogens with one attached hydrogen (secondary N) is 1. The second kappa shape index (κ2) is 7.04. The third kappa shape index (κ3) is 3.54. The summed E-state index contributed by atoms with van der Waals surface area (Å²) in [5.74, 6) is -0.934. The van der Waals surface area contributed by atoms with Gasteiger partial charge in [-0.3, -0.25) is 14.9 Å². The second-order valence-corrected chi connectivity index (χ2v) is 6.57. The summed E-state index contributed by atoms with van der Waals surface area (Å²) in [6.45, 7) is 1.93. The van der Waals surface area contributed by atoms with Crippen LogP contribution in [0, 0.1) is 0 Å². The van der Waals surface area contributed by atoms with Crippen molar-refractivity contribution >= 4 is 39.9 Å². The standard InChI is InChI=1S/C16H14ClN5O2S/c1-2-12-11(7-20-22(12)10-5-3-4-9(17)6-10)15(24)21-16-19-8-13(25-16)14(18)23/h3-8H,2H2,1H3,(H2,18,23)(H,19,21,24). The first-order valence-electron chi connectivity index (χ1n) is 7.39. The number of carbonyl (C=O) groups is 2. The lowest BCUT2D eigenvalue weighted by molar-refractivity contribution is 0.100. The van der Waals surface area contributed by atoms with E-state index >= 15 is 0 Å². The maximum Gasteiger partial charge on any atom is 0.260 e. The summed E-state index contributed by atoms with van der Waals surface area (Å²) in [6, 6.07) is 7.22. The maximum atomic E-state index is 12.5. The average Bonchev–Trinajstić information content (AvgIpc) is 3.21. The van der Waals surface area contributed by atoms with Gasteiger partial charge in [0.15, 0.2) is 5.13 Å². The number of thiazole rings is 1. The molecule has 0 unspecified atom stereocenters. The highest BCUT2D eigenvalue weighted by molar-refractivity contribution is 7.17. The van der Waals surface area contributed by atoms with Crippen LogP contribution < -0.4 is 11.1 Å². The van der Waals surface area contributed by atoms with Crippen LogP contribution in [0.2, 0.25) is 5.02 Å². The van der Waals surface area contributed by atoms with Crippen molar-refractivity contribution in [3.05, 3.63) is 57.8 Å². The van der Waals surface area contributed by atoms with Crippen molar-refractivity contribution in [1.82, 2.24) is 14.8 Å². The topological polar surface area (TPSA) is 103 Å². The number of amides is 2. The lowest BCUT2D eigenvalue weighted by Gasteiger charge is -2.08. The molecular weight excluding hydrogens is 362 g/mol. The van der Waals surface area contributed by atoms with Crippen LogP contribution >= 0.6 is 22.9 Å². The van der Waals surface area contributed by atoms with Gasteiger partial charge in [0, 0.05) is 5.02 Å². The molecule has 0 atom stereocenters. The van der Waals surface area contributed by atoms with Crippen molar-refractivity contribution < 1.29 is 9.59 Å². The Balaban J connectivity index is 1.89. The molecule has 128 valence electrons. The normalized spacial score (nSPS) is 10.6. The lowest BCUT2D eigenvalue weighted by atomic mass is 10.2. The van der Waals surface area contributed by atoms with Crippen molar-refractivity contribution in [3.8, 4) is 5.69 Å². The number of rotatable bonds is 5. The number of aromatic nitrogens is 3. The van der Waals surface area contributed by atoms with Crippen LogP contribution in [0.3, 0.4) is 0 Å². The number of carbonyl (C=O) groups excluding carboxylic acids is 2. The first-order valence-corrected chi connectivity index (χ1v) is 8.59. The largest absolute Gasteiger partial charge is 0.365 e. The number of benzene rings is 1. The molecule has 0 bridgehead atoms. The van der Waals surface area contributed by atoms with Crippen molar-refractivity contribution in [1.29, 1.82) is 0 Å². The van der Waals surface area contributed by atoms with E-state index in [0.717, 1.165) is 22.7 Å².